The van der Waals surface area contributed by atoms with E-state index in [0.29, 0.717) is 5.39 Å². The van der Waals surface area contributed by atoms with Gasteiger partial charge in [0.05, 0.1) is 5.52 Å². The minimum absolute atomic E-state index is 0.000511. The van der Waals surface area contributed by atoms with Crippen molar-refractivity contribution in [1.29, 1.82) is 0 Å². The summed E-state index contributed by atoms with van der Waals surface area (Å²) in [5.74, 6) is -1.45. The molecule has 0 radical (unpaired) electrons. The fourth-order valence-electron chi connectivity index (χ4n) is 5.08. The van der Waals surface area contributed by atoms with Crippen molar-refractivity contribution in [2.24, 2.45) is 11.1 Å². The summed E-state index contributed by atoms with van der Waals surface area (Å²) in [5.41, 5.74) is 5.79. The van der Waals surface area contributed by atoms with Crippen molar-refractivity contribution < 1.29 is 27.5 Å². The van der Waals surface area contributed by atoms with E-state index in [2.05, 4.69) is 15.4 Å². The van der Waals surface area contributed by atoms with E-state index in [-0.39, 0.29) is 40.2 Å². The lowest BCUT2D eigenvalue weighted by Gasteiger charge is -2.57. The zero-order valence-corrected chi connectivity index (χ0v) is 18.0. The lowest BCUT2D eigenvalue weighted by Crippen LogP contribution is -2.58. The molecule has 0 aliphatic heterocycles. The van der Waals surface area contributed by atoms with Gasteiger partial charge in [0.2, 0.25) is 5.88 Å². The van der Waals surface area contributed by atoms with Gasteiger partial charge < -0.3 is 15.8 Å². The predicted molar refractivity (Wildman–Crippen MR) is 115 cm³/mol. The Balaban J connectivity index is 1.19. The van der Waals surface area contributed by atoms with Gasteiger partial charge in [-0.05, 0) is 61.4 Å². The molecular weight excluding hydrogens is 451 g/mol. The van der Waals surface area contributed by atoms with Gasteiger partial charge in [-0.3, -0.25) is 14.3 Å². The average molecular weight is 473 g/mol. The SMILES string of the molecule is NC(=O)c1cccnc1OC1CC2(CC(NC(=O)c3nn(CC(F)F)c4cc(F)ccc34)C2)C1. The molecule has 0 atom stereocenters. The van der Waals surface area contributed by atoms with Gasteiger partial charge >= 0.3 is 0 Å². The third-order valence-corrected chi connectivity index (χ3v) is 6.57. The van der Waals surface area contributed by atoms with Gasteiger partial charge in [-0.2, -0.15) is 5.10 Å². The molecule has 5 rings (SSSR count). The first kappa shape index (κ1) is 22.2. The summed E-state index contributed by atoms with van der Waals surface area (Å²) in [5, 5.41) is 7.26. The molecule has 2 aromatic heterocycles. The van der Waals surface area contributed by atoms with Crippen molar-refractivity contribution in [3.8, 4) is 5.88 Å². The molecule has 3 aromatic rings. The second-order valence-electron chi connectivity index (χ2n) is 9.03. The predicted octanol–water partition coefficient (Wildman–Crippen LogP) is 3.05. The van der Waals surface area contributed by atoms with Crippen molar-refractivity contribution in [3.63, 3.8) is 0 Å². The molecule has 3 N–H and O–H groups in total. The quantitative estimate of drug-likeness (QED) is 0.548. The largest absolute Gasteiger partial charge is 0.474 e. The van der Waals surface area contributed by atoms with Gasteiger partial charge in [0.25, 0.3) is 18.2 Å². The highest BCUT2D eigenvalue weighted by atomic mass is 19.3. The Labute approximate surface area is 192 Å². The zero-order chi connectivity index (χ0) is 24.0. The van der Waals surface area contributed by atoms with Crippen LogP contribution in [0, 0.1) is 11.2 Å². The number of pyridine rings is 1. The first-order valence-corrected chi connectivity index (χ1v) is 10.9. The second-order valence-corrected chi connectivity index (χ2v) is 9.03. The van der Waals surface area contributed by atoms with E-state index in [9.17, 15) is 22.8 Å². The first-order valence-electron chi connectivity index (χ1n) is 10.9. The normalized spacial score (nSPS) is 23.5. The van der Waals surface area contributed by atoms with Crippen LogP contribution in [0.4, 0.5) is 13.2 Å². The molecule has 0 bridgehead atoms. The van der Waals surface area contributed by atoms with Crippen molar-refractivity contribution in [2.75, 3.05) is 0 Å². The van der Waals surface area contributed by atoms with E-state index in [1.165, 1.54) is 18.3 Å². The number of halogens is 3. The number of carbonyl (C=O) groups excluding carboxylic acids is 2. The number of benzene rings is 1. The van der Waals surface area contributed by atoms with Crippen molar-refractivity contribution >= 4 is 22.7 Å². The Morgan fingerprint density at radius 2 is 2.00 bits per heavy atom. The number of hydrogen-bond acceptors (Lipinski definition) is 5. The van der Waals surface area contributed by atoms with E-state index in [4.69, 9.17) is 10.5 Å². The zero-order valence-electron chi connectivity index (χ0n) is 18.0. The Morgan fingerprint density at radius 1 is 1.24 bits per heavy atom. The molecule has 34 heavy (non-hydrogen) atoms. The van der Waals surface area contributed by atoms with Crippen molar-refractivity contribution in [1.82, 2.24) is 20.1 Å². The molecule has 11 heteroatoms. The molecule has 2 heterocycles. The summed E-state index contributed by atoms with van der Waals surface area (Å²) >= 11 is 0. The lowest BCUT2D eigenvalue weighted by molar-refractivity contribution is -0.0848. The summed E-state index contributed by atoms with van der Waals surface area (Å²) in [4.78, 5) is 28.4. The summed E-state index contributed by atoms with van der Waals surface area (Å²) in [6.07, 6.45) is 1.77. The first-order chi connectivity index (χ1) is 16.2. The van der Waals surface area contributed by atoms with Crippen LogP contribution < -0.4 is 15.8 Å². The number of fused-ring (bicyclic) bond motifs is 1. The molecular formula is C23H22F3N5O3. The number of nitrogens with zero attached hydrogens (tertiary/aromatic N) is 3. The Kier molecular flexibility index (Phi) is 5.41. The van der Waals surface area contributed by atoms with Crippen molar-refractivity contribution in [2.45, 2.75) is 50.8 Å². The Morgan fingerprint density at radius 3 is 2.71 bits per heavy atom. The molecule has 2 amide bonds. The molecule has 2 fully saturated rings. The van der Waals surface area contributed by atoms with Gasteiger partial charge in [-0.15, -0.1) is 0 Å². The van der Waals surface area contributed by atoms with Crippen LogP contribution >= 0.6 is 0 Å². The second kappa shape index (κ2) is 8.30. The molecule has 0 saturated heterocycles. The molecule has 2 aliphatic carbocycles. The smallest absolute Gasteiger partial charge is 0.272 e. The van der Waals surface area contributed by atoms with Gasteiger partial charge in [-0.25, -0.2) is 18.2 Å². The highest BCUT2D eigenvalue weighted by molar-refractivity contribution is 6.05. The van der Waals surface area contributed by atoms with Crippen LogP contribution in [0.2, 0.25) is 0 Å². The van der Waals surface area contributed by atoms with Crippen LogP contribution in [0.15, 0.2) is 36.5 Å². The highest BCUT2D eigenvalue weighted by Gasteiger charge is 2.54. The minimum atomic E-state index is -2.69. The number of ether oxygens (including phenoxy) is 1. The van der Waals surface area contributed by atoms with Crippen LogP contribution in [0.25, 0.3) is 10.9 Å². The summed E-state index contributed by atoms with van der Waals surface area (Å²) < 4.78 is 46.3. The minimum Gasteiger partial charge on any atom is -0.474 e. The topological polar surface area (TPSA) is 112 Å². The average Bonchev–Trinajstić information content (AvgIpc) is 3.07. The van der Waals surface area contributed by atoms with Crippen LogP contribution in [0.5, 0.6) is 5.88 Å². The van der Waals surface area contributed by atoms with E-state index < -0.39 is 30.6 Å². The van der Waals surface area contributed by atoms with E-state index in [1.807, 2.05) is 0 Å². The number of amides is 2. The van der Waals surface area contributed by atoms with Gasteiger partial charge in [-0.1, -0.05) is 0 Å². The van der Waals surface area contributed by atoms with Gasteiger partial charge in [0, 0.05) is 17.6 Å². The number of primary amides is 1. The monoisotopic (exact) mass is 473 g/mol. The number of carbonyl (C=O) groups is 2. The fraction of sp³-hybridized carbons (Fsp3) is 0.391. The molecule has 1 spiro atoms. The molecule has 2 aliphatic rings. The maximum atomic E-state index is 13.6. The van der Waals surface area contributed by atoms with E-state index >= 15 is 0 Å². The van der Waals surface area contributed by atoms with E-state index in [1.54, 1.807) is 12.1 Å². The van der Waals surface area contributed by atoms with Crippen LogP contribution in [0.1, 0.15) is 46.5 Å². The van der Waals surface area contributed by atoms with E-state index in [0.717, 1.165) is 36.4 Å². The Hall–Kier alpha value is -3.63. The number of nitrogens with one attached hydrogen (secondary N) is 1. The highest BCUT2D eigenvalue weighted by Crippen LogP contribution is 2.56. The number of rotatable bonds is 7. The standard InChI is InChI=1S/C23H22F3N5O3/c24-12-3-4-15-17(6-12)31(11-18(25)26)30-19(15)21(33)29-13-7-23(8-13)9-14(10-23)34-22-16(20(27)32)2-1-5-28-22/h1-6,13-14,18H,7-11H2,(H2,27,32)(H,29,33). The van der Waals surface area contributed by atoms with Gasteiger partial charge in [0.15, 0.2) is 5.69 Å². The molecule has 178 valence electrons. The maximum Gasteiger partial charge on any atom is 0.272 e. The molecule has 0 unspecified atom stereocenters. The van der Waals surface area contributed by atoms with Crippen LogP contribution in [-0.2, 0) is 6.54 Å². The summed E-state index contributed by atoms with van der Waals surface area (Å²) in [7, 11) is 0. The number of alkyl halides is 2. The third-order valence-electron chi connectivity index (χ3n) is 6.57. The Bertz CT molecular complexity index is 1260. The third kappa shape index (κ3) is 4.06. The van der Waals surface area contributed by atoms with Crippen LogP contribution in [0.3, 0.4) is 0 Å². The molecule has 1 aromatic carbocycles. The number of nitrogens with two attached hydrogens (primary N) is 1. The number of aromatic nitrogens is 3. The maximum absolute atomic E-state index is 13.6. The molecule has 2 saturated carbocycles. The van der Waals surface area contributed by atoms with Crippen molar-refractivity contribution in [3.05, 3.63) is 53.6 Å². The lowest BCUT2D eigenvalue weighted by atomic mass is 9.53. The van der Waals surface area contributed by atoms with Crippen LogP contribution in [-0.4, -0.2) is 45.2 Å². The summed E-state index contributed by atoms with van der Waals surface area (Å²) in [6.45, 7) is -0.727. The number of hydrogen-bond donors (Lipinski definition) is 2. The van der Waals surface area contributed by atoms with Gasteiger partial charge in [0.1, 0.15) is 24.0 Å². The fourth-order valence-corrected chi connectivity index (χ4v) is 5.08. The molecule has 8 nitrogen and oxygen atoms in total. The summed E-state index contributed by atoms with van der Waals surface area (Å²) in [6, 6.07) is 6.74.